The highest BCUT2D eigenvalue weighted by Gasteiger charge is 2.51. The molecule has 1 aromatic heterocycles. The van der Waals surface area contributed by atoms with Crippen LogP contribution < -0.4 is 10.6 Å². The molecule has 0 radical (unpaired) electrons. The predicted molar refractivity (Wildman–Crippen MR) is 112 cm³/mol. The number of hydrogen-bond acceptors (Lipinski definition) is 2. The van der Waals surface area contributed by atoms with Crippen molar-refractivity contribution in [1.29, 1.82) is 0 Å². The van der Waals surface area contributed by atoms with Gasteiger partial charge in [0.1, 0.15) is 5.82 Å². The van der Waals surface area contributed by atoms with Crippen LogP contribution in [0.5, 0.6) is 0 Å². The molecule has 148 valence electrons. The first-order valence-corrected chi connectivity index (χ1v) is 10.2. The molecule has 4 nitrogen and oxygen atoms in total. The number of carbonyl (C=O) groups is 1. The SMILES string of the molecule is CC1(C2CC2)c2ccc(F)cc2CCC1NC(=O)Nc1cccc2cnccc12. The van der Waals surface area contributed by atoms with Crippen LogP contribution in [0.2, 0.25) is 0 Å². The highest BCUT2D eigenvalue weighted by molar-refractivity contribution is 6.01. The van der Waals surface area contributed by atoms with Gasteiger partial charge in [-0.2, -0.15) is 0 Å². The molecule has 1 heterocycles. The van der Waals surface area contributed by atoms with Crippen molar-refractivity contribution in [1.82, 2.24) is 10.3 Å². The number of hydrogen-bond donors (Lipinski definition) is 2. The molecule has 0 bridgehead atoms. The van der Waals surface area contributed by atoms with Crippen LogP contribution in [-0.4, -0.2) is 17.1 Å². The van der Waals surface area contributed by atoms with Gasteiger partial charge in [0, 0.05) is 34.6 Å². The number of carbonyl (C=O) groups excluding carboxylic acids is 1. The number of aromatic nitrogens is 1. The minimum Gasteiger partial charge on any atom is -0.334 e. The lowest BCUT2D eigenvalue weighted by atomic mass is 9.65. The summed E-state index contributed by atoms with van der Waals surface area (Å²) in [6.45, 7) is 2.23. The molecule has 2 amide bonds. The average Bonchev–Trinajstić information content (AvgIpc) is 3.56. The summed E-state index contributed by atoms with van der Waals surface area (Å²) in [6.07, 6.45) is 7.43. The van der Waals surface area contributed by atoms with Crippen molar-refractivity contribution in [2.75, 3.05) is 5.32 Å². The number of amides is 2. The molecule has 5 heteroatoms. The van der Waals surface area contributed by atoms with Crippen LogP contribution in [0.1, 0.15) is 37.3 Å². The number of pyridine rings is 1. The van der Waals surface area contributed by atoms with Crippen molar-refractivity contribution >= 4 is 22.5 Å². The summed E-state index contributed by atoms with van der Waals surface area (Å²) in [7, 11) is 0. The summed E-state index contributed by atoms with van der Waals surface area (Å²) >= 11 is 0. The lowest BCUT2D eigenvalue weighted by Gasteiger charge is -2.44. The number of rotatable bonds is 3. The maximum atomic E-state index is 13.8. The number of nitrogens with zero attached hydrogens (tertiary/aromatic N) is 1. The van der Waals surface area contributed by atoms with Gasteiger partial charge in [0.2, 0.25) is 0 Å². The van der Waals surface area contributed by atoms with Crippen molar-refractivity contribution in [3.05, 3.63) is 71.8 Å². The highest BCUT2D eigenvalue weighted by Crippen LogP contribution is 2.53. The van der Waals surface area contributed by atoms with E-state index in [4.69, 9.17) is 0 Å². The van der Waals surface area contributed by atoms with Gasteiger partial charge < -0.3 is 10.6 Å². The number of nitrogens with one attached hydrogen (secondary N) is 2. The molecule has 2 aliphatic rings. The van der Waals surface area contributed by atoms with Crippen LogP contribution in [0, 0.1) is 11.7 Å². The van der Waals surface area contributed by atoms with Crippen LogP contribution >= 0.6 is 0 Å². The van der Waals surface area contributed by atoms with Gasteiger partial charge in [-0.05, 0) is 67.0 Å². The van der Waals surface area contributed by atoms with E-state index in [1.165, 1.54) is 5.56 Å². The monoisotopic (exact) mass is 389 g/mol. The van der Waals surface area contributed by atoms with E-state index < -0.39 is 0 Å². The quantitative estimate of drug-likeness (QED) is 0.649. The van der Waals surface area contributed by atoms with E-state index in [0.717, 1.165) is 47.7 Å². The second-order valence-electron chi connectivity index (χ2n) is 8.45. The Morgan fingerprint density at radius 1 is 1.17 bits per heavy atom. The van der Waals surface area contributed by atoms with Gasteiger partial charge in [-0.3, -0.25) is 4.98 Å². The molecule has 2 unspecified atom stereocenters. The van der Waals surface area contributed by atoms with Gasteiger partial charge in [-0.15, -0.1) is 0 Å². The molecule has 5 rings (SSSR count). The lowest BCUT2D eigenvalue weighted by molar-refractivity contribution is 0.222. The average molecular weight is 389 g/mol. The van der Waals surface area contributed by atoms with Crippen molar-refractivity contribution in [3.63, 3.8) is 0 Å². The first-order chi connectivity index (χ1) is 14.1. The maximum absolute atomic E-state index is 13.8. The fourth-order valence-electron chi connectivity index (χ4n) is 5.04. The van der Waals surface area contributed by atoms with Crippen LogP contribution in [-0.2, 0) is 11.8 Å². The molecule has 3 aromatic rings. The third-order valence-corrected chi connectivity index (χ3v) is 6.73. The number of halogens is 1. The Kier molecular flexibility index (Phi) is 4.26. The van der Waals surface area contributed by atoms with Crippen LogP contribution in [0.4, 0.5) is 14.9 Å². The Balaban J connectivity index is 1.41. The standard InChI is InChI=1S/C24H24FN3O/c1-24(17-6-7-17)20-9-8-18(25)13-15(20)5-10-22(24)28-23(29)27-21-4-2-3-16-14-26-12-11-19(16)21/h2-4,8-9,11-14,17,22H,5-7,10H2,1H3,(H2,27,28,29). The molecule has 29 heavy (non-hydrogen) atoms. The summed E-state index contributed by atoms with van der Waals surface area (Å²) in [5.74, 6) is 0.345. The zero-order chi connectivity index (χ0) is 20.0. The number of urea groups is 1. The molecular weight excluding hydrogens is 365 g/mol. The first-order valence-electron chi connectivity index (χ1n) is 10.2. The first kappa shape index (κ1) is 18.1. The fraction of sp³-hybridized carbons (Fsp3) is 0.333. The van der Waals surface area contributed by atoms with Gasteiger partial charge >= 0.3 is 6.03 Å². The van der Waals surface area contributed by atoms with E-state index in [-0.39, 0.29) is 23.3 Å². The fourth-order valence-corrected chi connectivity index (χ4v) is 5.04. The largest absolute Gasteiger partial charge is 0.334 e. The third kappa shape index (κ3) is 3.15. The number of fused-ring (bicyclic) bond motifs is 2. The van der Waals surface area contributed by atoms with E-state index in [0.29, 0.717) is 5.92 Å². The Morgan fingerprint density at radius 3 is 2.86 bits per heavy atom. The normalized spacial score (nSPS) is 23.4. The molecule has 0 aliphatic heterocycles. The second kappa shape index (κ2) is 6.83. The number of benzene rings is 2. The molecule has 2 aliphatic carbocycles. The van der Waals surface area contributed by atoms with Crippen molar-refractivity contribution in [2.24, 2.45) is 5.92 Å². The van der Waals surface area contributed by atoms with E-state index >= 15 is 0 Å². The van der Waals surface area contributed by atoms with Crippen molar-refractivity contribution in [2.45, 2.75) is 44.1 Å². The molecule has 2 atom stereocenters. The minimum atomic E-state index is -0.197. The summed E-state index contributed by atoms with van der Waals surface area (Å²) < 4.78 is 13.8. The smallest absolute Gasteiger partial charge is 0.319 e. The Labute approximate surface area is 169 Å². The van der Waals surface area contributed by atoms with Gasteiger partial charge in [0.05, 0.1) is 5.69 Å². The molecule has 1 fully saturated rings. The molecule has 1 saturated carbocycles. The van der Waals surface area contributed by atoms with Crippen LogP contribution in [0.15, 0.2) is 54.9 Å². The Hall–Kier alpha value is -2.95. The van der Waals surface area contributed by atoms with Crippen LogP contribution in [0.3, 0.4) is 0 Å². The Bertz CT molecular complexity index is 1090. The molecule has 0 saturated heterocycles. The molecular formula is C24H24FN3O. The topological polar surface area (TPSA) is 54.0 Å². The lowest BCUT2D eigenvalue weighted by Crippen LogP contribution is -2.54. The van der Waals surface area contributed by atoms with Gasteiger partial charge in [0.15, 0.2) is 0 Å². The second-order valence-corrected chi connectivity index (χ2v) is 8.45. The van der Waals surface area contributed by atoms with E-state index in [2.05, 4.69) is 22.5 Å². The molecule has 2 N–H and O–H groups in total. The van der Waals surface area contributed by atoms with Crippen molar-refractivity contribution in [3.8, 4) is 0 Å². The summed E-state index contributed by atoms with van der Waals surface area (Å²) in [5.41, 5.74) is 2.88. The van der Waals surface area contributed by atoms with Gasteiger partial charge in [-0.25, -0.2) is 9.18 Å². The van der Waals surface area contributed by atoms with Crippen molar-refractivity contribution < 1.29 is 9.18 Å². The van der Waals surface area contributed by atoms with Gasteiger partial charge in [0.25, 0.3) is 0 Å². The van der Waals surface area contributed by atoms with Gasteiger partial charge in [-0.1, -0.05) is 25.1 Å². The van der Waals surface area contributed by atoms with E-state index in [9.17, 15) is 9.18 Å². The number of anilines is 1. The zero-order valence-corrected chi connectivity index (χ0v) is 16.4. The van der Waals surface area contributed by atoms with E-state index in [1.54, 1.807) is 24.5 Å². The summed E-state index contributed by atoms with van der Waals surface area (Å²) in [5, 5.41) is 8.22. The molecule has 0 spiro atoms. The third-order valence-electron chi connectivity index (χ3n) is 6.73. The minimum absolute atomic E-state index is 0.0182. The van der Waals surface area contributed by atoms with E-state index in [1.807, 2.05) is 30.3 Å². The highest BCUT2D eigenvalue weighted by atomic mass is 19.1. The predicted octanol–water partition coefficient (Wildman–Crippen LogP) is 5.18. The van der Waals surface area contributed by atoms with Crippen LogP contribution in [0.25, 0.3) is 10.8 Å². The maximum Gasteiger partial charge on any atom is 0.319 e. The zero-order valence-electron chi connectivity index (χ0n) is 16.4. The molecule has 2 aromatic carbocycles. The summed E-state index contributed by atoms with van der Waals surface area (Å²) in [4.78, 5) is 17.1. The number of aryl methyl sites for hydroxylation is 1. The summed E-state index contributed by atoms with van der Waals surface area (Å²) in [6, 6.07) is 12.7. The Morgan fingerprint density at radius 2 is 2.03 bits per heavy atom.